The topological polar surface area (TPSA) is 34.1 Å². The van der Waals surface area contributed by atoms with Gasteiger partial charge < -0.3 is 10.1 Å². The lowest BCUT2D eigenvalue weighted by Gasteiger charge is -2.09. The summed E-state index contributed by atoms with van der Waals surface area (Å²) < 4.78 is 19.1. The maximum Gasteiger partial charge on any atom is 0.219 e. The number of nitrogens with one attached hydrogen (secondary N) is 1. The SMILES string of the molecule is CNCc1ccc(Oc2cc(C)ccc2F)nc1C. The van der Waals surface area contributed by atoms with Crippen LogP contribution in [0, 0.1) is 19.7 Å². The first-order chi connectivity index (χ1) is 9.10. The molecule has 100 valence electrons. The van der Waals surface area contributed by atoms with E-state index in [9.17, 15) is 4.39 Å². The van der Waals surface area contributed by atoms with Crippen molar-refractivity contribution in [3.63, 3.8) is 0 Å². The van der Waals surface area contributed by atoms with Gasteiger partial charge in [0, 0.05) is 18.3 Å². The summed E-state index contributed by atoms with van der Waals surface area (Å²) in [5, 5.41) is 3.07. The average molecular weight is 260 g/mol. The lowest BCUT2D eigenvalue weighted by atomic mass is 10.2. The minimum Gasteiger partial charge on any atom is -0.436 e. The van der Waals surface area contributed by atoms with Crippen molar-refractivity contribution in [3.05, 3.63) is 53.0 Å². The molecule has 2 aromatic rings. The van der Waals surface area contributed by atoms with Crippen molar-refractivity contribution in [2.24, 2.45) is 0 Å². The molecule has 0 unspecified atom stereocenters. The monoisotopic (exact) mass is 260 g/mol. The third-order valence-corrected chi connectivity index (χ3v) is 2.84. The first-order valence-corrected chi connectivity index (χ1v) is 6.15. The second-order valence-electron chi connectivity index (χ2n) is 4.46. The van der Waals surface area contributed by atoms with Gasteiger partial charge in [-0.1, -0.05) is 12.1 Å². The molecule has 0 aliphatic carbocycles. The van der Waals surface area contributed by atoms with Crippen LogP contribution < -0.4 is 10.1 Å². The largest absolute Gasteiger partial charge is 0.436 e. The maximum absolute atomic E-state index is 13.6. The summed E-state index contributed by atoms with van der Waals surface area (Å²) in [6.45, 7) is 4.55. The van der Waals surface area contributed by atoms with Gasteiger partial charge in [-0.15, -0.1) is 0 Å². The molecule has 0 aliphatic rings. The Hall–Kier alpha value is -1.94. The van der Waals surface area contributed by atoms with Crippen molar-refractivity contribution < 1.29 is 9.13 Å². The van der Waals surface area contributed by atoms with Crippen LogP contribution in [0.1, 0.15) is 16.8 Å². The molecule has 1 aromatic carbocycles. The van der Waals surface area contributed by atoms with Crippen LogP contribution in [0.4, 0.5) is 4.39 Å². The summed E-state index contributed by atoms with van der Waals surface area (Å²) in [5.74, 6) is 0.222. The second kappa shape index (κ2) is 5.80. The minimum atomic E-state index is -0.385. The van der Waals surface area contributed by atoms with Crippen LogP contribution in [0.5, 0.6) is 11.6 Å². The van der Waals surface area contributed by atoms with Crippen LogP contribution >= 0.6 is 0 Å². The van der Waals surface area contributed by atoms with Crippen LogP contribution in [0.25, 0.3) is 0 Å². The molecule has 0 aliphatic heterocycles. The zero-order chi connectivity index (χ0) is 13.8. The van der Waals surface area contributed by atoms with E-state index in [1.165, 1.54) is 6.07 Å². The Bertz CT molecular complexity index is 584. The van der Waals surface area contributed by atoms with E-state index in [0.29, 0.717) is 5.88 Å². The van der Waals surface area contributed by atoms with Gasteiger partial charge in [0.25, 0.3) is 0 Å². The van der Waals surface area contributed by atoms with Crippen LogP contribution in [-0.2, 0) is 6.54 Å². The smallest absolute Gasteiger partial charge is 0.219 e. The fourth-order valence-corrected chi connectivity index (χ4v) is 1.80. The Kier molecular flexibility index (Phi) is 4.12. The van der Waals surface area contributed by atoms with Gasteiger partial charge in [0.2, 0.25) is 5.88 Å². The van der Waals surface area contributed by atoms with Crippen molar-refractivity contribution in [3.8, 4) is 11.6 Å². The number of hydrogen-bond donors (Lipinski definition) is 1. The Labute approximate surface area is 112 Å². The maximum atomic E-state index is 13.6. The number of ether oxygens (including phenoxy) is 1. The predicted octanol–water partition coefficient (Wildman–Crippen LogP) is 3.35. The molecule has 1 aromatic heterocycles. The van der Waals surface area contributed by atoms with Crippen LogP contribution in [0.3, 0.4) is 0 Å². The molecule has 0 spiro atoms. The zero-order valence-electron chi connectivity index (χ0n) is 11.3. The van der Waals surface area contributed by atoms with Gasteiger partial charge in [0.15, 0.2) is 11.6 Å². The van der Waals surface area contributed by atoms with Gasteiger partial charge in [-0.25, -0.2) is 9.37 Å². The lowest BCUT2D eigenvalue weighted by molar-refractivity contribution is 0.425. The quantitative estimate of drug-likeness (QED) is 0.915. The van der Waals surface area contributed by atoms with Crippen LogP contribution in [0.2, 0.25) is 0 Å². The second-order valence-corrected chi connectivity index (χ2v) is 4.46. The van der Waals surface area contributed by atoms with Gasteiger partial charge in [0.05, 0.1) is 0 Å². The number of halogens is 1. The molecule has 2 rings (SSSR count). The molecule has 4 heteroatoms. The molecule has 0 fully saturated rings. The summed E-state index contributed by atoms with van der Waals surface area (Å²) in [4.78, 5) is 4.33. The normalized spacial score (nSPS) is 10.5. The molecular formula is C15H17FN2O. The highest BCUT2D eigenvalue weighted by Crippen LogP contribution is 2.24. The van der Waals surface area contributed by atoms with Crippen molar-refractivity contribution >= 4 is 0 Å². The van der Waals surface area contributed by atoms with Crippen molar-refractivity contribution in [1.29, 1.82) is 0 Å². The molecule has 0 atom stereocenters. The highest BCUT2D eigenvalue weighted by molar-refractivity contribution is 5.34. The van der Waals surface area contributed by atoms with Gasteiger partial charge in [-0.2, -0.15) is 0 Å². The lowest BCUT2D eigenvalue weighted by Crippen LogP contribution is -2.07. The molecule has 0 saturated heterocycles. The number of benzene rings is 1. The Morgan fingerprint density at radius 2 is 2.00 bits per heavy atom. The zero-order valence-corrected chi connectivity index (χ0v) is 11.3. The van der Waals surface area contributed by atoms with Crippen LogP contribution in [-0.4, -0.2) is 12.0 Å². The molecule has 0 bridgehead atoms. The number of aromatic nitrogens is 1. The van der Waals surface area contributed by atoms with E-state index < -0.39 is 0 Å². The molecule has 1 N–H and O–H groups in total. The summed E-state index contributed by atoms with van der Waals surface area (Å²) in [6.07, 6.45) is 0. The van der Waals surface area contributed by atoms with Gasteiger partial charge in [-0.05, 0) is 44.2 Å². The minimum absolute atomic E-state index is 0.202. The summed E-state index contributed by atoms with van der Waals surface area (Å²) in [6, 6.07) is 8.45. The van der Waals surface area contributed by atoms with Crippen LogP contribution in [0.15, 0.2) is 30.3 Å². The Morgan fingerprint density at radius 1 is 1.21 bits per heavy atom. The average Bonchev–Trinajstić information content (AvgIpc) is 2.37. The van der Waals surface area contributed by atoms with Gasteiger partial charge >= 0.3 is 0 Å². The van der Waals surface area contributed by atoms with Gasteiger partial charge in [-0.3, -0.25) is 0 Å². The van der Waals surface area contributed by atoms with E-state index in [4.69, 9.17) is 4.74 Å². The number of rotatable bonds is 4. The summed E-state index contributed by atoms with van der Waals surface area (Å²) in [7, 11) is 1.88. The highest BCUT2D eigenvalue weighted by Gasteiger charge is 2.07. The number of pyridine rings is 1. The molecule has 0 saturated carbocycles. The van der Waals surface area contributed by atoms with E-state index in [1.807, 2.05) is 27.0 Å². The molecular weight excluding hydrogens is 243 g/mol. The van der Waals surface area contributed by atoms with E-state index in [1.54, 1.807) is 18.2 Å². The van der Waals surface area contributed by atoms with E-state index in [2.05, 4.69) is 10.3 Å². The summed E-state index contributed by atoms with van der Waals surface area (Å²) in [5.41, 5.74) is 2.92. The Balaban J connectivity index is 2.24. The molecule has 1 heterocycles. The standard InChI is InChI=1S/C15H17FN2O/c1-10-4-6-13(16)14(8-10)19-15-7-5-12(9-17-3)11(2)18-15/h4-8,17H,9H2,1-3H3. The molecule has 0 radical (unpaired) electrons. The van der Waals surface area contributed by atoms with Crippen molar-refractivity contribution in [2.45, 2.75) is 20.4 Å². The third-order valence-electron chi connectivity index (χ3n) is 2.84. The highest BCUT2D eigenvalue weighted by atomic mass is 19.1. The first-order valence-electron chi connectivity index (χ1n) is 6.15. The number of aryl methyl sites for hydroxylation is 2. The van der Waals surface area contributed by atoms with Gasteiger partial charge in [0.1, 0.15) is 0 Å². The Morgan fingerprint density at radius 3 is 2.68 bits per heavy atom. The van der Waals surface area contributed by atoms with E-state index in [-0.39, 0.29) is 11.6 Å². The van der Waals surface area contributed by atoms with Crippen molar-refractivity contribution in [2.75, 3.05) is 7.05 Å². The first kappa shape index (κ1) is 13.5. The fourth-order valence-electron chi connectivity index (χ4n) is 1.80. The fraction of sp³-hybridized carbons (Fsp3) is 0.267. The number of nitrogens with zero attached hydrogens (tertiary/aromatic N) is 1. The molecule has 19 heavy (non-hydrogen) atoms. The predicted molar refractivity (Wildman–Crippen MR) is 72.9 cm³/mol. The molecule has 0 amide bonds. The number of hydrogen-bond acceptors (Lipinski definition) is 3. The molecule has 3 nitrogen and oxygen atoms in total. The van der Waals surface area contributed by atoms with E-state index >= 15 is 0 Å². The third kappa shape index (κ3) is 3.29. The van der Waals surface area contributed by atoms with E-state index in [0.717, 1.165) is 23.4 Å². The summed E-state index contributed by atoms with van der Waals surface area (Å²) >= 11 is 0. The van der Waals surface area contributed by atoms with Crippen molar-refractivity contribution in [1.82, 2.24) is 10.3 Å².